The van der Waals surface area contributed by atoms with Crippen molar-refractivity contribution in [3.63, 3.8) is 0 Å². The third-order valence-electron chi connectivity index (χ3n) is 14.7. The van der Waals surface area contributed by atoms with Crippen molar-refractivity contribution in [2.45, 2.75) is 193 Å². The molecule has 3 heteroatoms. The predicted octanol–water partition coefficient (Wildman–Crippen LogP) is 17.7. The number of hydrogen-bond acceptors (Lipinski definition) is 3. The summed E-state index contributed by atoms with van der Waals surface area (Å²) in [5.74, 6) is 0. The first-order valence-electron chi connectivity index (χ1n) is 27.9. The third-order valence-corrected chi connectivity index (χ3v) is 14.7. The Morgan fingerprint density at radius 2 is 0.348 bits per heavy atom. The fourth-order valence-corrected chi connectivity index (χ4v) is 10.1. The minimum atomic E-state index is 0.871. The second-order valence-electron chi connectivity index (χ2n) is 20.5. The number of benzene rings is 6. The largest absolute Gasteiger partial charge is 0.381 e. The zero-order chi connectivity index (χ0) is 47.2. The molecule has 0 aliphatic carbocycles. The summed E-state index contributed by atoms with van der Waals surface area (Å²) in [5.41, 5.74) is 16.7. The Labute approximate surface area is 419 Å². The molecule has 0 saturated carbocycles. The van der Waals surface area contributed by atoms with Gasteiger partial charge in [0.2, 0.25) is 0 Å². The average molecular weight is 922 g/mol. The molecule has 0 fully saturated rings. The van der Waals surface area contributed by atoms with E-state index in [1.807, 2.05) is 0 Å². The van der Waals surface area contributed by atoms with Gasteiger partial charge in [-0.15, -0.1) is 0 Å². The third kappa shape index (κ3) is 20.8. The fraction of sp³-hybridized carbons (Fsp3) is 0.455. The van der Waals surface area contributed by atoms with Gasteiger partial charge < -0.3 is 16.0 Å². The molecule has 6 aromatic carbocycles. The van der Waals surface area contributed by atoms with Crippen LogP contribution in [0.5, 0.6) is 0 Å². The zero-order valence-electron chi connectivity index (χ0n) is 42.6. The molecule has 0 atom stereocenters. The molecule has 12 bridgehead atoms. The first-order valence-corrected chi connectivity index (χ1v) is 27.9. The molecule has 3 N–H and O–H groups in total. The Bertz CT molecular complexity index is 2060. The van der Waals surface area contributed by atoms with E-state index in [4.69, 9.17) is 0 Å². The van der Waals surface area contributed by atoms with Crippen LogP contribution in [0.3, 0.4) is 0 Å². The second-order valence-corrected chi connectivity index (χ2v) is 20.5. The molecule has 9 aliphatic rings. The van der Waals surface area contributed by atoms with Crippen LogP contribution in [-0.4, -0.2) is 0 Å². The van der Waals surface area contributed by atoms with Crippen LogP contribution in [0.1, 0.15) is 184 Å². The van der Waals surface area contributed by atoms with Crippen LogP contribution in [0.4, 0.5) is 11.4 Å². The molecule has 9 aliphatic heterocycles. The first kappa shape index (κ1) is 51.7. The molecular formula is C66H87N3. The maximum Gasteiger partial charge on any atom is 0.0400 e. The van der Waals surface area contributed by atoms with Gasteiger partial charge in [-0.25, -0.2) is 0 Å². The normalized spacial score (nSPS) is 17.2. The Kier molecular flexibility index (Phi) is 23.4. The topological polar surface area (TPSA) is 36.1 Å². The minimum absolute atomic E-state index is 0.871. The Morgan fingerprint density at radius 3 is 0.580 bits per heavy atom. The standard InChI is InChI=1S/C66H87N3/c1-3-9-15-21-55-27-35-61(36-28-55)51-67-52-62-37-29-56(30-38-62)22-16-10-4-2-6-12-18-24-58-33-41-64(42-34-58)54-69-66-49-45-60(46-50-66)26-20-14-8-7-13-19-25-59-43-47-65(48-44-59)68-53-63-39-31-57(32-40-63)23-17-11-5-1/h27-50,67-69H,1-26,51-54H2. The molecule has 0 spiro atoms. The molecule has 0 aromatic heterocycles. The fourth-order valence-electron chi connectivity index (χ4n) is 10.1. The number of anilines is 2. The highest BCUT2D eigenvalue weighted by Crippen LogP contribution is 2.20. The van der Waals surface area contributed by atoms with Crippen LogP contribution in [0, 0.1) is 0 Å². The zero-order valence-corrected chi connectivity index (χ0v) is 42.6. The van der Waals surface area contributed by atoms with Crippen molar-refractivity contribution in [2.75, 3.05) is 10.6 Å². The molecule has 0 radical (unpaired) electrons. The molecule has 9 heterocycles. The molecule has 69 heavy (non-hydrogen) atoms. The van der Waals surface area contributed by atoms with Gasteiger partial charge in [-0.1, -0.05) is 211 Å². The number of fused-ring (bicyclic) bond motifs is 3. The lowest BCUT2D eigenvalue weighted by atomic mass is 10.0. The van der Waals surface area contributed by atoms with Gasteiger partial charge in [-0.05, 0) is 157 Å². The van der Waals surface area contributed by atoms with Crippen molar-refractivity contribution >= 4 is 11.4 Å². The highest BCUT2D eigenvalue weighted by molar-refractivity contribution is 5.46. The van der Waals surface area contributed by atoms with E-state index in [1.165, 1.54) is 234 Å². The average Bonchev–Trinajstić information content (AvgIpc) is 3.39. The van der Waals surface area contributed by atoms with Crippen LogP contribution in [0.15, 0.2) is 146 Å². The van der Waals surface area contributed by atoms with Crippen molar-refractivity contribution in [3.05, 3.63) is 201 Å². The highest BCUT2D eigenvalue weighted by Gasteiger charge is 2.04. The van der Waals surface area contributed by atoms with Gasteiger partial charge in [0.1, 0.15) is 0 Å². The predicted molar refractivity (Wildman–Crippen MR) is 298 cm³/mol. The first-order chi connectivity index (χ1) is 34.2. The molecular weight excluding hydrogens is 835 g/mol. The van der Waals surface area contributed by atoms with Crippen LogP contribution in [0.2, 0.25) is 0 Å². The van der Waals surface area contributed by atoms with Crippen LogP contribution < -0.4 is 16.0 Å². The number of nitrogens with one attached hydrogen (secondary N) is 3. The molecule has 0 saturated heterocycles. The van der Waals surface area contributed by atoms with E-state index in [-0.39, 0.29) is 0 Å². The van der Waals surface area contributed by atoms with Crippen molar-refractivity contribution in [1.82, 2.24) is 5.32 Å². The minimum Gasteiger partial charge on any atom is -0.381 e. The van der Waals surface area contributed by atoms with Crippen molar-refractivity contribution in [3.8, 4) is 0 Å². The van der Waals surface area contributed by atoms with Gasteiger partial charge in [0, 0.05) is 37.6 Å². The van der Waals surface area contributed by atoms with Crippen LogP contribution in [-0.2, 0) is 64.7 Å². The van der Waals surface area contributed by atoms with E-state index in [1.54, 1.807) is 0 Å². The highest BCUT2D eigenvalue weighted by atomic mass is 14.9. The van der Waals surface area contributed by atoms with Crippen LogP contribution >= 0.6 is 0 Å². The van der Waals surface area contributed by atoms with E-state index >= 15 is 0 Å². The molecule has 3 nitrogen and oxygen atoms in total. The second kappa shape index (κ2) is 31.2. The lowest BCUT2D eigenvalue weighted by Gasteiger charge is -2.09. The smallest absolute Gasteiger partial charge is 0.0400 e. The summed E-state index contributed by atoms with van der Waals surface area (Å²) >= 11 is 0. The lowest BCUT2D eigenvalue weighted by Crippen LogP contribution is -2.12. The van der Waals surface area contributed by atoms with Crippen molar-refractivity contribution in [2.24, 2.45) is 0 Å². The quantitative estimate of drug-likeness (QED) is 0.142. The van der Waals surface area contributed by atoms with Gasteiger partial charge >= 0.3 is 0 Å². The molecule has 6 aromatic rings. The van der Waals surface area contributed by atoms with Gasteiger partial charge in [0.15, 0.2) is 0 Å². The van der Waals surface area contributed by atoms with E-state index in [0.29, 0.717) is 0 Å². The summed E-state index contributed by atoms with van der Waals surface area (Å²) < 4.78 is 0. The maximum absolute atomic E-state index is 3.67. The summed E-state index contributed by atoms with van der Waals surface area (Å²) in [6, 6.07) is 55.6. The Morgan fingerprint density at radius 1 is 0.174 bits per heavy atom. The van der Waals surface area contributed by atoms with Gasteiger partial charge in [0.05, 0.1) is 0 Å². The van der Waals surface area contributed by atoms with E-state index in [2.05, 4.69) is 162 Å². The number of rotatable bonds is 0. The van der Waals surface area contributed by atoms with Gasteiger partial charge in [0.25, 0.3) is 0 Å². The van der Waals surface area contributed by atoms with E-state index in [0.717, 1.165) is 26.2 Å². The van der Waals surface area contributed by atoms with Crippen molar-refractivity contribution in [1.29, 1.82) is 0 Å². The molecule has 0 unspecified atom stereocenters. The Balaban J connectivity index is 0.801. The van der Waals surface area contributed by atoms with Crippen molar-refractivity contribution < 1.29 is 0 Å². The summed E-state index contributed by atoms with van der Waals surface area (Å²) in [6.07, 6.45) is 33.7. The lowest BCUT2D eigenvalue weighted by molar-refractivity contribution is 0.579. The molecule has 15 rings (SSSR count). The van der Waals surface area contributed by atoms with E-state index < -0.39 is 0 Å². The maximum atomic E-state index is 3.67. The summed E-state index contributed by atoms with van der Waals surface area (Å²) in [6.45, 7) is 3.58. The van der Waals surface area contributed by atoms with Gasteiger partial charge in [-0.3, -0.25) is 0 Å². The monoisotopic (exact) mass is 922 g/mol. The summed E-state index contributed by atoms with van der Waals surface area (Å²) in [7, 11) is 0. The number of hydrogen-bond donors (Lipinski definition) is 3. The molecule has 366 valence electrons. The summed E-state index contributed by atoms with van der Waals surface area (Å²) in [5, 5.41) is 11.0. The summed E-state index contributed by atoms with van der Waals surface area (Å²) in [4.78, 5) is 0. The Hall–Kier alpha value is -5.12. The van der Waals surface area contributed by atoms with Gasteiger partial charge in [-0.2, -0.15) is 0 Å². The van der Waals surface area contributed by atoms with Crippen LogP contribution in [0.25, 0.3) is 0 Å². The van der Waals surface area contributed by atoms with E-state index in [9.17, 15) is 0 Å². The number of aryl methyl sites for hydroxylation is 6. The molecule has 0 amide bonds. The SMILES string of the molecule is c1cc2ccc1CCCCCCCCCc1ccc(cc1)CNc1ccc(cc1)CCCCCCCCc1ccc(cc1)NCc1ccc(cc1)CCCCCCCCCc1ccc(cc1)CNC2.